The number of carbonyl (C=O) groups excluding carboxylic acids is 1. The van der Waals surface area contributed by atoms with Gasteiger partial charge in [0, 0.05) is 38.7 Å². The summed E-state index contributed by atoms with van der Waals surface area (Å²) in [7, 11) is 1.66. The van der Waals surface area contributed by atoms with Gasteiger partial charge in [-0.15, -0.1) is 0 Å². The minimum Gasteiger partial charge on any atom is -0.384 e. The van der Waals surface area contributed by atoms with Crippen molar-refractivity contribution in [2.45, 2.75) is 44.9 Å². The molecule has 3 aliphatic rings. The maximum Gasteiger partial charge on any atom is 0.224 e. The Hall–Kier alpha value is -0.610. The van der Waals surface area contributed by atoms with E-state index >= 15 is 0 Å². The molecule has 1 atom stereocenters. The van der Waals surface area contributed by atoms with Crippen LogP contribution in [0.15, 0.2) is 0 Å². The molecule has 0 aromatic heterocycles. The summed E-state index contributed by atoms with van der Waals surface area (Å²) < 4.78 is 5.02. The van der Waals surface area contributed by atoms with E-state index in [1.165, 1.54) is 58.2 Å². The second kappa shape index (κ2) is 6.66. The highest BCUT2D eigenvalue weighted by Gasteiger charge is 2.44. The predicted molar refractivity (Wildman–Crippen MR) is 83.1 cm³/mol. The van der Waals surface area contributed by atoms with Crippen LogP contribution in [-0.2, 0) is 9.53 Å². The van der Waals surface area contributed by atoms with E-state index in [1.807, 2.05) is 0 Å². The molecule has 0 bridgehead atoms. The second-order valence-corrected chi connectivity index (χ2v) is 7.44. The standard InChI is InChI=1S/C17H30N2O2/c1-21-11-6-16(20)19-10-8-17(14-19)7-9-18(13-17)12-15-4-2-3-5-15/h15H,2-14H2,1H3. The number of methoxy groups -OCH3 is 1. The SMILES string of the molecule is COCCC(=O)N1CCC2(CCN(CC3CCCC3)C2)C1. The number of amides is 1. The summed E-state index contributed by atoms with van der Waals surface area (Å²) in [6, 6.07) is 0. The third-order valence-corrected chi connectivity index (χ3v) is 5.82. The van der Waals surface area contributed by atoms with E-state index < -0.39 is 0 Å². The molecular formula is C17H30N2O2. The van der Waals surface area contributed by atoms with Gasteiger partial charge in [-0.25, -0.2) is 0 Å². The molecule has 1 aliphatic carbocycles. The van der Waals surface area contributed by atoms with Gasteiger partial charge in [0.1, 0.15) is 0 Å². The molecule has 120 valence electrons. The fourth-order valence-corrected chi connectivity index (χ4v) is 4.57. The quantitative estimate of drug-likeness (QED) is 0.779. The van der Waals surface area contributed by atoms with E-state index in [1.54, 1.807) is 7.11 Å². The molecule has 3 rings (SSSR count). The maximum atomic E-state index is 12.1. The topological polar surface area (TPSA) is 32.8 Å². The maximum absolute atomic E-state index is 12.1. The van der Waals surface area contributed by atoms with Crippen LogP contribution in [0.2, 0.25) is 0 Å². The molecule has 0 N–H and O–H groups in total. The molecule has 4 heteroatoms. The van der Waals surface area contributed by atoms with Crippen LogP contribution in [-0.4, -0.2) is 62.1 Å². The largest absolute Gasteiger partial charge is 0.384 e. The van der Waals surface area contributed by atoms with Crippen molar-refractivity contribution < 1.29 is 9.53 Å². The Kier molecular flexibility index (Phi) is 4.85. The third kappa shape index (κ3) is 3.59. The third-order valence-electron chi connectivity index (χ3n) is 5.82. The van der Waals surface area contributed by atoms with E-state index in [4.69, 9.17) is 4.74 Å². The van der Waals surface area contributed by atoms with Gasteiger partial charge in [-0.1, -0.05) is 12.8 Å². The second-order valence-electron chi connectivity index (χ2n) is 7.44. The lowest BCUT2D eigenvalue weighted by atomic mass is 9.86. The number of hydrogen-bond acceptors (Lipinski definition) is 3. The Morgan fingerprint density at radius 3 is 2.71 bits per heavy atom. The molecule has 1 amide bonds. The zero-order chi connectivity index (χ0) is 14.7. The van der Waals surface area contributed by atoms with Crippen LogP contribution in [0.1, 0.15) is 44.9 Å². The summed E-state index contributed by atoms with van der Waals surface area (Å²) in [5.41, 5.74) is 0.404. The van der Waals surface area contributed by atoms with E-state index in [0.29, 0.717) is 18.4 Å². The molecule has 4 nitrogen and oxygen atoms in total. The Labute approximate surface area is 128 Å². The summed E-state index contributed by atoms with van der Waals surface area (Å²) in [6.07, 6.45) is 8.77. The van der Waals surface area contributed by atoms with Gasteiger partial charge in [0.25, 0.3) is 0 Å². The predicted octanol–water partition coefficient (Wildman–Crippen LogP) is 2.14. The molecule has 2 heterocycles. The average molecular weight is 294 g/mol. The van der Waals surface area contributed by atoms with E-state index in [0.717, 1.165) is 19.0 Å². The van der Waals surface area contributed by atoms with Gasteiger partial charge < -0.3 is 14.5 Å². The van der Waals surface area contributed by atoms with Crippen LogP contribution in [0.3, 0.4) is 0 Å². The van der Waals surface area contributed by atoms with Gasteiger partial charge in [-0.3, -0.25) is 4.79 Å². The first-order valence-corrected chi connectivity index (χ1v) is 8.70. The first kappa shape index (κ1) is 15.3. The molecule has 21 heavy (non-hydrogen) atoms. The van der Waals surface area contributed by atoms with Crippen LogP contribution >= 0.6 is 0 Å². The summed E-state index contributed by atoms with van der Waals surface area (Å²) in [4.78, 5) is 16.9. The van der Waals surface area contributed by atoms with Crippen molar-refractivity contribution in [1.82, 2.24) is 9.80 Å². The highest BCUT2D eigenvalue weighted by molar-refractivity contribution is 5.76. The summed E-state index contributed by atoms with van der Waals surface area (Å²) in [6.45, 7) is 6.26. The van der Waals surface area contributed by atoms with Gasteiger partial charge in [0.05, 0.1) is 13.0 Å². The molecule has 1 unspecified atom stereocenters. The van der Waals surface area contributed by atoms with Crippen molar-refractivity contribution in [3.05, 3.63) is 0 Å². The molecule has 0 aromatic rings. The van der Waals surface area contributed by atoms with Crippen molar-refractivity contribution in [3.8, 4) is 0 Å². The molecule has 2 aliphatic heterocycles. The molecule has 3 fully saturated rings. The van der Waals surface area contributed by atoms with Gasteiger partial charge in [-0.2, -0.15) is 0 Å². The monoisotopic (exact) mass is 294 g/mol. The van der Waals surface area contributed by atoms with Crippen LogP contribution < -0.4 is 0 Å². The zero-order valence-corrected chi connectivity index (χ0v) is 13.5. The van der Waals surface area contributed by atoms with Gasteiger partial charge in [-0.05, 0) is 38.1 Å². The van der Waals surface area contributed by atoms with E-state index in [9.17, 15) is 4.79 Å². The fourth-order valence-electron chi connectivity index (χ4n) is 4.57. The van der Waals surface area contributed by atoms with Gasteiger partial charge >= 0.3 is 0 Å². The molecule has 1 saturated carbocycles. The molecule has 0 aromatic carbocycles. The van der Waals surface area contributed by atoms with Gasteiger partial charge in [0.2, 0.25) is 5.91 Å². The normalized spacial score (nSPS) is 30.8. The van der Waals surface area contributed by atoms with Crippen molar-refractivity contribution in [3.63, 3.8) is 0 Å². The van der Waals surface area contributed by atoms with Crippen molar-refractivity contribution in [2.24, 2.45) is 11.3 Å². The van der Waals surface area contributed by atoms with Crippen molar-refractivity contribution in [1.29, 1.82) is 0 Å². The average Bonchev–Trinajstić information content (AvgIpc) is 3.20. The lowest BCUT2D eigenvalue weighted by molar-refractivity contribution is -0.131. The minimum atomic E-state index is 0.281. The lowest BCUT2D eigenvalue weighted by Crippen LogP contribution is -2.35. The lowest BCUT2D eigenvalue weighted by Gasteiger charge is -2.26. The Bertz CT molecular complexity index is 368. The Balaban J connectivity index is 1.47. The summed E-state index contributed by atoms with van der Waals surface area (Å²) in [5.74, 6) is 1.23. The molecular weight excluding hydrogens is 264 g/mol. The summed E-state index contributed by atoms with van der Waals surface area (Å²) >= 11 is 0. The number of hydrogen-bond donors (Lipinski definition) is 0. The van der Waals surface area contributed by atoms with Crippen LogP contribution in [0.5, 0.6) is 0 Å². The molecule has 0 radical (unpaired) electrons. The number of ether oxygens (including phenoxy) is 1. The zero-order valence-electron chi connectivity index (χ0n) is 13.5. The Morgan fingerprint density at radius 2 is 1.95 bits per heavy atom. The number of rotatable bonds is 5. The molecule has 2 saturated heterocycles. The molecule has 1 spiro atoms. The number of nitrogens with zero attached hydrogens (tertiary/aromatic N) is 2. The first-order valence-electron chi connectivity index (χ1n) is 8.70. The smallest absolute Gasteiger partial charge is 0.224 e. The van der Waals surface area contributed by atoms with Gasteiger partial charge in [0.15, 0.2) is 0 Å². The van der Waals surface area contributed by atoms with Crippen LogP contribution in [0.25, 0.3) is 0 Å². The number of carbonyl (C=O) groups is 1. The van der Waals surface area contributed by atoms with E-state index in [2.05, 4.69) is 9.80 Å². The first-order chi connectivity index (χ1) is 10.2. The minimum absolute atomic E-state index is 0.281. The number of likely N-dealkylation sites (tertiary alicyclic amines) is 2. The van der Waals surface area contributed by atoms with E-state index in [-0.39, 0.29) is 5.91 Å². The Morgan fingerprint density at radius 1 is 1.19 bits per heavy atom. The highest BCUT2D eigenvalue weighted by atomic mass is 16.5. The van der Waals surface area contributed by atoms with Crippen LogP contribution in [0.4, 0.5) is 0 Å². The fraction of sp³-hybridized carbons (Fsp3) is 0.941. The van der Waals surface area contributed by atoms with Crippen molar-refractivity contribution >= 4 is 5.91 Å². The highest BCUT2D eigenvalue weighted by Crippen LogP contribution is 2.40. The van der Waals surface area contributed by atoms with Crippen molar-refractivity contribution in [2.75, 3.05) is 46.4 Å². The van der Waals surface area contributed by atoms with Crippen LogP contribution in [0, 0.1) is 11.3 Å². The summed E-state index contributed by atoms with van der Waals surface area (Å²) in [5, 5.41) is 0.